The summed E-state index contributed by atoms with van der Waals surface area (Å²) < 4.78 is 0. The van der Waals surface area contributed by atoms with E-state index in [4.69, 9.17) is 11.6 Å². The van der Waals surface area contributed by atoms with E-state index in [1.807, 2.05) is 12.1 Å². The molecule has 2 nitrogen and oxygen atoms in total. The van der Waals surface area contributed by atoms with Gasteiger partial charge in [-0.25, -0.2) is 0 Å². The van der Waals surface area contributed by atoms with Crippen LogP contribution in [-0.4, -0.2) is 49.6 Å². The minimum atomic E-state index is 0.786. The van der Waals surface area contributed by atoms with Crippen molar-refractivity contribution in [1.29, 1.82) is 0 Å². The zero-order chi connectivity index (χ0) is 16.1. The number of likely N-dealkylation sites (N-methyl/N-ethyl adjacent to an activating group) is 1. The average Bonchev–Trinajstić information content (AvgIpc) is 2.58. The van der Waals surface area contributed by atoms with Gasteiger partial charge in [-0.05, 0) is 55.3 Å². The molecule has 122 valence electrons. The van der Waals surface area contributed by atoms with Crippen molar-refractivity contribution < 1.29 is 0 Å². The zero-order valence-corrected chi connectivity index (χ0v) is 14.6. The number of piperazine rings is 1. The van der Waals surface area contributed by atoms with Crippen molar-refractivity contribution in [2.24, 2.45) is 0 Å². The monoisotopic (exact) mass is 328 g/mol. The van der Waals surface area contributed by atoms with E-state index in [0.717, 1.165) is 11.4 Å². The number of benzene rings is 2. The second kappa shape index (κ2) is 7.96. The molecule has 2 aromatic carbocycles. The van der Waals surface area contributed by atoms with Crippen LogP contribution in [0, 0.1) is 0 Å². The van der Waals surface area contributed by atoms with Crippen molar-refractivity contribution in [3.05, 3.63) is 59.1 Å². The Hall–Kier alpha value is -1.35. The van der Waals surface area contributed by atoms with E-state index in [9.17, 15) is 0 Å². The highest BCUT2D eigenvalue weighted by atomic mass is 35.5. The first-order valence-electron chi connectivity index (χ1n) is 8.46. The number of hydrogen-bond acceptors (Lipinski definition) is 2. The van der Waals surface area contributed by atoms with E-state index in [1.165, 1.54) is 55.8 Å². The van der Waals surface area contributed by atoms with Gasteiger partial charge in [-0.1, -0.05) is 48.0 Å². The van der Waals surface area contributed by atoms with Gasteiger partial charge in [-0.2, -0.15) is 0 Å². The average molecular weight is 329 g/mol. The summed E-state index contributed by atoms with van der Waals surface area (Å²) >= 11 is 5.95. The highest BCUT2D eigenvalue weighted by Crippen LogP contribution is 2.22. The van der Waals surface area contributed by atoms with Crippen molar-refractivity contribution >= 4 is 11.6 Å². The molecule has 0 atom stereocenters. The second-order valence-corrected chi connectivity index (χ2v) is 6.89. The Morgan fingerprint density at radius 3 is 2.00 bits per heavy atom. The molecular weight excluding hydrogens is 304 g/mol. The topological polar surface area (TPSA) is 6.48 Å². The minimum absolute atomic E-state index is 0.786. The van der Waals surface area contributed by atoms with Gasteiger partial charge in [0.2, 0.25) is 0 Å². The molecule has 1 saturated heterocycles. The molecule has 1 aliphatic rings. The molecule has 2 aromatic rings. The summed E-state index contributed by atoms with van der Waals surface area (Å²) in [5.74, 6) is 0. The number of rotatable bonds is 5. The number of aryl methyl sites for hydroxylation is 1. The van der Waals surface area contributed by atoms with Crippen LogP contribution in [0.1, 0.15) is 12.0 Å². The van der Waals surface area contributed by atoms with Gasteiger partial charge >= 0.3 is 0 Å². The van der Waals surface area contributed by atoms with Crippen molar-refractivity contribution in [1.82, 2.24) is 9.80 Å². The van der Waals surface area contributed by atoms with Gasteiger partial charge in [0.05, 0.1) is 0 Å². The lowest BCUT2D eigenvalue weighted by Crippen LogP contribution is -2.44. The third-order valence-corrected chi connectivity index (χ3v) is 4.92. The predicted molar refractivity (Wildman–Crippen MR) is 99.1 cm³/mol. The van der Waals surface area contributed by atoms with Crippen molar-refractivity contribution in [3.8, 4) is 11.1 Å². The number of nitrogens with zero attached hydrogens (tertiary/aromatic N) is 2. The Bertz CT molecular complexity index is 599. The van der Waals surface area contributed by atoms with E-state index in [-0.39, 0.29) is 0 Å². The largest absolute Gasteiger partial charge is 0.304 e. The smallest absolute Gasteiger partial charge is 0.0406 e. The summed E-state index contributed by atoms with van der Waals surface area (Å²) in [5, 5.41) is 0.786. The van der Waals surface area contributed by atoms with Gasteiger partial charge in [0, 0.05) is 31.2 Å². The molecule has 0 N–H and O–H groups in total. The van der Waals surface area contributed by atoms with Crippen LogP contribution in [0.25, 0.3) is 11.1 Å². The van der Waals surface area contributed by atoms with E-state index in [2.05, 4.69) is 53.2 Å². The third-order valence-electron chi connectivity index (χ3n) is 4.67. The summed E-state index contributed by atoms with van der Waals surface area (Å²) in [6, 6.07) is 17.0. The summed E-state index contributed by atoms with van der Waals surface area (Å²) in [5.41, 5.74) is 3.90. The molecule has 3 heteroatoms. The second-order valence-electron chi connectivity index (χ2n) is 6.45. The maximum Gasteiger partial charge on any atom is 0.0406 e. The molecule has 0 aromatic heterocycles. The van der Waals surface area contributed by atoms with Crippen molar-refractivity contribution in [2.75, 3.05) is 39.8 Å². The predicted octanol–water partition coefficient (Wildman–Crippen LogP) is 4.19. The molecular formula is C20H25ClN2. The fourth-order valence-corrected chi connectivity index (χ4v) is 3.21. The van der Waals surface area contributed by atoms with Gasteiger partial charge in [0.15, 0.2) is 0 Å². The van der Waals surface area contributed by atoms with Crippen LogP contribution >= 0.6 is 11.6 Å². The van der Waals surface area contributed by atoms with Crippen LogP contribution in [0.4, 0.5) is 0 Å². The lowest BCUT2D eigenvalue weighted by atomic mass is 10.0. The van der Waals surface area contributed by atoms with Crippen LogP contribution in [0.5, 0.6) is 0 Å². The lowest BCUT2D eigenvalue weighted by molar-refractivity contribution is 0.153. The molecule has 0 amide bonds. The normalized spacial score (nSPS) is 16.6. The van der Waals surface area contributed by atoms with Crippen molar-refractivity contribution in [3.63, 3.8) is 0 Å². The van der Waals surface area contributed by atoms with Gasteiger partial charge in [0.25, 0.3) is 0 Å². The fourth-order valence-electron chi connectivity index (χ4n) is 3.08. The zero-order valence-electron chi connectivity index (χ0n) is 13.8. The molecule has 1 aliphatic heterocycles. The van der Waals surface area contributed by atoms with Crippen LogP contribution in [0.15, 0.2) is 48.5 Å². The van der Waals surface area contributed by atoms with E-state index >= 15 is 0 Å². The number of halogens is 1. The maximum atomic E-state index is 5.95. The van der Waals surface area contributed by atoms with Crippen LogP contribution in [-0.2, 0) is 6.42 Å². The Morgan fingerprint density at radius 1 is 0.826 bits per heavy atom. The highest BCUT2D eigenvalue weighted by Gasteiger charge is 2.12. The molecule has 0 bridgehead atoms. The van der Waals surface area contributed by atoms with Gasteiger partial charge in [0.1, 0.15) is 0 Å². The number of hydrogen-bond donors (Lipinski definition) is 0. The first-order chi connectivity index (χ1) is 11.2. The standard InChI is InChI=1S/C20H25ClN2/c1-22-13-15-23(16-14-22)12-2-3-17-4-6-18(7-5-17)19-8-10-20(21)11-9-19/h4-11H,2-3,12-16H2,1H3. The summed E-state index contributed by atoms with van der Waals surface area (Å²) in [7, 11) is 2.21. The summed E-state index contributed by atoms with van der Waals surface area (Å²) in [6.07, 6.45) is 2.40. The first kappa shape index (κ1) is 16.5. The van der Waals surface area contributed by atoms with Gasteiger partial charge in [-0.3, -0.25) is 0 Å². The molecule has 0 aliphatic carbocycles. The summed E-state index contributed by atoms with van der Waals surface area (Å²) in [6.45, 7) is 6.05. The van der Waals surface area contributed by atoms with Crippen LogP contribution in [0.2, 0.25) is 5.02 Å². The molecule has 0 radical (unpaired) electrons. The SMILES string of the molecule is CN1CCN(CCCc2ccc(-c3ccc(Cl)cc3)cc2)CC1. The molecule has 0 saturated carbocycles. The van der Waals surface area contributed by atoms with E-state index in [1.54, 1.807) is 0 Å². The van der Waals surface area contributed by atoms with Crippen LogP contribution < -0.4 is 0 Å². The third kappa shape index (κ3) is 4.81. The Morgan fingerprint density at radius 2 is 1.39 bits per heavy atom. The van der Waals surface area contributed by atoms with Gasteiger partial charge in [-0.15, -0.1) is 0 Å². The fraction of sp³-hybridized carbons (Fsp3) is 0.400. The molecule has 0 spiro atoms. The minimum Gasteiger partial charge on any atom is -0.304 e. The lowest BCUT2D eigenvalue weighted by Gasteiger charge is -2.32. The molecule has 23 heavy (non-hydrogen) atoms. The van der Waals surface area contributed by atoms with E-state index in [0.29, 0.717) is 0 Å². The van der Waals surface area contributed by atoms with Gasteiger partial charge < -0.3 is 9.80 Å². The summed E-state index contributed by atoms with van der Waals surface area (Å²) in [4.78, 5) is 4.99. The first-order valence-corrected chi connectivity index (χ1v) is 8.84. The molecule has 3 rings (SSSR count). The molecule has 0 unspecified atom stereocenters. The Balaban J connectivity index is 1.49. The Labute approximate surface area is 144 Å². The quantitative estimate of drug-likeness (QED) is 0.812. The van der Waals surface area contributed by atoms with Crippen LogP contribution in [0.3, 0.4) is 0 Å². The molecule has 1 fully saturated rings. The highest BCUT2D eigenvalue weighted by molar-refractivity contribution is 6.30. The van der Waals surface area contributed by atoms with E-state index < -0.39 is 0 Å². The Kier molecular flexibility index (Phi) is 5.71. The molecule has 1 heterocycles. The van der Waals surface area contributed by atoms with Crippen molar-refractivity contribution in [2.45, 2.75) is 12.8 Å². The maximum absolute atomic E-state index is 5.95.